The molecular weight excluding hydrogens is 336 g/mol. The van der Waals surface area contributed by atoms with Gasteiger partial charge in [-0.05, 0) is 17.7 Å². The van der Waals surface area contributed by atoms with Crippen molar-refractivity contribution >= 4 is 31.9 Å². The van der Waals surface area contributed by atoms with Gasteiger partial charge in [0.2, 0.25) is 0 Å². The number of aliphatic hydroxyl groups is 1. The molecular formula is C11H10Br2N2O. The van der Waals surface area contributed by atoms with E-state index in [2.05, 4.69) is 37.0 Å². The van der Waals surface area contributed by atoms with Crippen LogP contribution in [0, 0.1) is 0 Å². The summed E-state index contributed by atoms with van der Waals surface area (Å²) in [6.45, 7) is 0. The van der Waals surface area contributed by atoms with Gasteiger partial charge in [0.05, 0.1) is 6.20 Å². The number of hydrogen-bond donors (Lipinski definition) is 1. The van der Waals surface area contributed by atoms with Crippen molar-refractivity contribution in [3.8, 4) is 0 Å². The lowest BCUT2D eigenvalue weighted by Crippen LogP contribution is -1.99. The van der Waals surface area contributed by atoms with Crippen molar-refractivity contribution in [1.29, 1.82) is 0 Å². The molecule has 1 heterocycles. The van der Waals surface area contributed by atoms with Gasteiger partial charge in [-0.3, -0.25) is 4.68 Å². The van der Waals surface area contributed by atoms with Crippen molar-refractivity contribution in [3.63, 3.8) is 0 Å². The molecule has 1 aromatic carbocycles. The SMILES string of the molecule is Cn1cc(C(O)c2ccc(Br)cc2Br)cn1. The average molecular weight is 346 g/mol. The van der Waals surface area contributed by atoms with Crippen molar-refractivity contribution in [2.75, 3.05) is 0 Å². The molecule has 1 N–H and O–H groups in total. The molecule has 0 aliphatic heterocycles. The number of nitrogens with zero attached hydrogens (tertiary/aromatic N) is 2. The third kappa shape index (κ3) is 2.36. The molecule has 0 amide bonds. The summed E-state index contributed by atoms with van der Waals surface area (Å²) < 4.78 is 3.52. The molecule has 0 aliphatic carbocycles. The van der Waals surface area contributed by atoms with E-state index in [1.807, 2.05) is 25.2 Å². The topological polar surface area (TPSA) is 38.0 Å². The summed E-state index contributed by atoms with van der Waals surface area (Å²) in [5.74, 6) is 0. The summed E-state index contributed by atoms with van der Waals surface area (Å²) in [5.41, 5.74) is 1.61. The quantitative estimate of drug-likeness (QED) is 0.908. The monoisotopic (exact) mass is 344 g/mol. The van der Waals surface area contributed by atoms with E-state index in [1.54, 1.807) is 17.1 Å². The van der Waals surface area contributed by atoms with E-state index in [-0.39, 0.29) is 0 Å². The fourth-order valence-corrected chi connectivity index (χ4v) is 2.75. The van der Waals surface area contributed by atoms with Crippen LogP contribution in [0.15, 0.2) is 39.5 Å². The van der Waals surface area contributed by atoms with Crippen LogP contribution < -0.4 is 0 Å². The number of aryl methyl sites for hydroxylation is 1. The zero-order chi connectivity index (χ0) is 11.7. The maximum atomic E-state index is 10.2. The summed E-state index contributed by atoms with van der Waals surface area (Å²) in [6, 6.07) is 5.69. The van der Waals surface area contributed by atoms with Crippen molar-refractivity contribution in [2.45, 2.75) is 6.10 Å². The molecule has 1 atom stereocenters. The average Bonchev–Trinajstić information content (AvgIpc) is 2.64. The second-order valence-corrected chi connectivity index (χ2v) is 5.29. The standard InChI is InChI=1S/C11H10Br2N2O/c1-15-6-7(5-14-15)11(16)9-3-2-8(12)4-10(9)13/h2-6,11,16H,1H3. The number of halogens is 2. The third-order valence-corrected chi connectivity index (χ3v) is 3.48. The van der Waals surface area contributed by atoms with Gasteiger partial charge in [0.1, 0.15) is 6.10 Å². The Morgan fingerprint density at radius 2 is 2.12 bits per heavy atom. The van der Waals surface area contributed by atoms with E-state index in [9.17, 15) is 5.11 Å². The molecule has 0 radical (unpaired) electrons. The summed E-state index contributed by atoms with van der Waals surface area (Å²) >= 11 is 6.81. The highest BCUT2D eigenvalue weighted by Gasteiger charge is 2.15. The Labute approximate surface area is 110 Å². The Kier molecular flexibility index (Phi) is 3.47. The molecule has 0 saturated heterocycles. The van der Waals surface area contributed by atoms with Gasteiger partial charge in [-0.25, -0.2) is 0 Å². The van der Waals surface area contributed by atoms with Crippen LogP contribution in [-0.4, -0.2) is 14.9 Å². The first-order chi connectivity index (χ1) is 7.58. The van der Waals surface area contributed by atoms with Gasteiger partial charge >= 0.3 is 0 Å². The molecule has 3 nitrogen and oxygen atoms in total. The third-order valence-electron chi connectivity index (χ3n) is 2.30. The van der Waals surface area contributed by atoms with Crippen LogP contribution in [0.1, 0.15) is 17.2 Å². The highest BCUT2D eigenvalue weighted by molar-refractivity contribution is 9.11. The Balaban J connectivity index is 2.37. The molecule has 2 aromatic rings. The zero-order valence-electron chi connectivity index (χ0n) is 8.56. The van der Waals surface area contributed by atoms with Crippen molar-refractivity contribution < 1.29 is 5.11 Å². The molecule has 84 valence electrons. The molecule has 0 aliphatic rings. The Bertz CT molecular complexity index is 510. The lowest BCUT2D eigenvalue weighted by Gasteiger charge is -2.11. The van der Waals surface area contributed by atoms with Gasteiger partial charge in [0, 0.05) is 27.8 Å². The van der Waals surface area contributed by atoms with Crippen LogP contribution in [0.5, 0.6) is 0 Å². The van der Waals surface area contributed by atoms with Crippen LogP contribution in [0.2, 0.25) is 0 Å². The fraction of sp³-hybridized carbons (Fsp3) is 0.182. The smallest absolute Gasteiger partial charge is 0.108 e. The van der Waals surface area contributed by atoms with Crippen LogP contribution >= 0.6 is 31.9 Å². The van der Waals surface area contributed by atoms with Gasteiger partial charge < -0.3 is 5.11 Å². The van der Waals surface area contributed by atoms with Crippen LogP contribution in [-0.2, 0) is 7.05 Å². The van der Waals surface area contributed by atoms with Crippen molar-refractivity contribution in [1.82, 2.24) is 9.78 Å². The van der Waals surface area contributed by atoms with E-state index in [0.29, 0.717) is 0 Å². The van der Waals surface area contributed by atoms with E-state index < -0.39 is 6.10 Å². The largest absolute Gasteiger partial charge is 0.383 e. The molecule has 16 heavy (non-hydrogen) atoms. The van der Waals surface area contributed by atoms with Crippen molar-refractivity contribution in [3.05, 3.63) is 50.7 Å². The molecule has 2 rings (SSSR count). The molecule has 0 fully saturated rings. The molecule has 0 saturated carbocycles. The normalized spacial score (nSPS) is 12.8. The Morgan fingerprint density at radius 1 is 1.38 bits per heavy atom. The minimum absolute atomic E-state index is 0.656. The number of rotatable bonds is 2. The van der Waals surface area contributed by atoms with Gasteiger partial charge in [-0.15, -0.1) is 0 Å². The van der Waals surface area contributed by atoms with E-state index >= 15 is 0 Å². The predicted molar refractivity (Wildman–Crippen MR) is 69.1 cm³/mol. The predicted octanol–water partition coefficient (Wildman–Crippen LogP) is 3.03. The number of benzene rings is 1. The van der Waals surface area contributed by atoms with E-state index in [1.165, 1.54) is 0 Å². The van der Waals surface area contributed by atoms with E-state index in [4.69, 9.17) is 0 Å². The van der Waals surface area contributed by atoms with Crippen LogP contribution in [0.25, 0.3) is 0 Å². The number of aromatic nitrogens is 2. The van der Waals surface area contributed by atoms with Crippen molar-refractivity contribution in [2.24, 2.45) is 7.05 Å². The Morgan fingerprint density at radius 3 is 2.69 bits per heavy atom. The van der Waals surface area contributed by atoms with Gasteiger partial charge in [0.25, 0.3) is 0 Å². The molecule has 0 bridgehead atoms. The summed E-state index contributed by atoms with van der Waals surface area (Å²) in [4.78, 5) is 0. The minimum atomic E-state index is -0.656. The van der Waals surface area contributed by atoms with Gasteiger partial charge in [-0.2, -0.15) is 5.10 Å². The first-order valence-electron chi connectivity index (χ1n) is 4.69. The lowest BCUT2D eigenvalue weighted by atomic mass is 10.1. The highest BCUT2D eigenvalue weighted by Crippen LogP contribution is 2.30. The van der Waals surface area contributed by atoms with Gasteiger partial charge in [0.15, 0.2) is 0 Å². The second-order valence-electron chi connectivity index (χ2n) is 3.52. The van der Waals surface area contributed by atoms with E-state index in [0.717, 1.165) is 20.1 Å². The van der Waals surface area contributed by atoms with Crippen LogP contribution in [0.4, 0.5) is 0 Å². The number of aliphatic hydroxyl groups excluding tert-OH is 1. The zero-order valence-corrected chi connectivity index (χ0v) is 11.7. The lowest BCUT2D eigenvalue weighted by molar-refractivity contribution is 0.219. The van der Waals surface area contributed by atoms with Gasteiger partial charge in [-0.1, -0.05) is 37.9 Å². The summed E-state index contributed by atoms with van der Waals surface area (Å²) in [6.07, 6.45) is 2.81. The molecule has 1 unspecified atom stereocenters. The number of hydrogen-bond acceptors (Lipinski definition) is 2. The van der Waals surface area contributed by atoms with Crippen LogP contribution in [0.3, 0.4) is 0 Å². The maximum Gasteiger partial charge on any atom is 0.108 e. The maximum absolute atomic E-state index is 10.2. The fourth-order valence-electron chi connectivity index (χ4n) is 1.48. The highest BCUT2D eigenvalue weighted by atomic mass is 79.9. The molecule has 0 spiro atoms. The molecule has 1 aromatic heterocycles. The second kappa shape index (κ2) is 4.69. The Hall–Kier alpha value is -0.650. The summed E-state index contributed by atoms with van der Waals surface area (Å²) in [5, 5.41) is 14.2. The first kappa shape index (κ1) is 11.8. The summed E-state index contributed by atoms with van der Waals surface area (Å²) in [7, 11) is 1.83. The first-order valence-corrected chi connectivity index (χ1v) is 6.28. The minimum Gasteiger partial charge on any atom is -0.383 e. The molecule has 5 heteroatoms.